The molecule has 1 unspecified atom stereocenters. The Labute approximate surface area is 143 Å². The van der Waals surface area contributed by atoms with Crippen LogP contribution in [0.25, 0.3) is 0 Å². The van der Waals surface area contributed by atoms with E-state index in [1.165, 1.54) is 0 Å². The summed E-state index contributed by atoms with van der Waals surface area (Å²) in [7, 11) is -1.22. The maximum absolute atomic E-state index is 11.5. The highest BCUT2D eigenvalue weighted by atomic mass is 35.5. The van der Waals surface area contributed by atoms with Gasteiger partial charge in [0.25, 0.3) is 0 Å². The zero-order chi connectivity index (χ0) is 17.1. The van der Waals surface area contributed by atoms with Crippen molar-refractivity contribution in [2.45, 2.75) is 31.7 Å². The third-order valence-corrected chi connectivity index (χ3v) is 6.20. The number of halogens is 1. The summed E-state index contributed by atoms with van der Waals surface area (Å²) in [5, 5.41) is 7.20. The molecule has 1 heterocycles. The van der Waals surface area contributed by atoms with E-state index in [0.717, 1.165) is 10.6 Å². The van der Waals surface area contributed by atoms with Crippen LogP contribution >= 0.6 is 11.6 Å². The van der Waals surface area contributed by atoms with Gasteiger partial charge in [0.05, 0.1) is 11.5 Å². The molecule has 7 heteroatoms. The molecule has 0 aromatic heterocycles. The largest absolute Gasteiger partial charge is 0.356 e. The third-order valence-electron chi connectivity index (χ3n) is 4.10. The van der Waals surface area contributed by atoms with Crippen molar-refractivity contribution >= 4 is 27.4 Å². The monoisotopic (exact) mass is 357 g/mol. The molecule has 0 bridgehead atoms. The van der Waals surface area contributed by atoms with Crippen LogP contribution in [0.2, 0.25) is 5.02 Å². The maximum Gasteiger partial charge on any atom is 0.191 e. The second kappa shape index (κ2) is 7.09. The van der Waals surface area contributed by atoms with E-state index in [4.69, 9.17) is 11.6 Å². The van der Waals surface area contributed by atoms with Crippen LogP contribution in [0.15, 0.2) is 29.3 Å². The Balaban J connectivity index is 1.97. The minimum Gasteiger partial charge on any atom is -0.356 e. The van der Waals surface area contributed by atoms with E-state index in [0.29, 0.717) is 18.9 Å². The van der Waals surface area contributed by atoms with E-state index >= 15 is 0 Å². The van der Waals surface area contributed by atoms with Crippen molar-refractivity contribution in [3.63, 3.8) is 0 Å². The van der Waals surface area contributed by atoms with Crippen molar-refractivity contribution in [3.8, 4) is 0 Å². The molecule has 1 aliphatic heterocycles. The molecule has 1 atom stereocenters. The second-order valence-electron chi connectivity index (χ2n) is 6.53. The van der Waals surface area contributed by atoms with Gasteiger partial charge >= 0.3 is 0 Å². The van der Waals surface area contributed by atoms with Crippen LogP contribution in [-0.4, -0.2) is 45.5 Å². The molecule has 2 rings (SSSR count). The van der Waals surface area contributed by atoms with Crippen LogP contribution < -0.4 is 10.6 Å². The molecule has 0 spiro atoms. The Bertz CT molecular complexity index is 686. The van der Waals surface area contributed by atoms with Crippen molar-refractivity contribution < 1.29 is 8.42 Å². The van der Waals surface area contributed by atoms with Gasteiger partial charge in [-0.25, -0.2) is 8.42 Å². The molecule has 1 aromatic carbocycles. The molecule has 1 aliphatic rings. The first kappa shape index (κ1) is 18.1. The molecule has 0 radical (unpaired) electrons. The fourth-order valence-corrected chi connectivity index (χ4v) is 4.77. The highest BCUT2D eigenvalue weighted by Crippen LogP contribution is 2.28. The summed E-state index contributed by atoms with van der Waals surface area (Å²) in [5.41, 5.74) is 0.880. The zero-order valence-electron chi connectivity index (χ0n) is 13.8. The van der Waals surface area contributed by atoms with Gasteiger partial charge in [-0.2, -0.15) is 0 Å². The summed E-state index contributed by atoms with van der Waals surface area (Å²) in [6.45, 7) is 4.85. The number of guanidine groups is 1. The molecule has 128 valence electrons. The van der Waals surface area contributed by atoms with Gasteiger partial charge < -0.3 is 10.6 Å². The van der Waals surface area contributed by atoms with Gasteiger partial charge in [0.15, 0.2) is 15.8 Å². The van der Waals surface area contributed by atoms with E-state index in [1.807, 2.05) is 24.3 Å². The zero-order valence-corrected chi connectivity index (χ0v) is 15.3. The van der Waals surface area contributed by atoms with Crippen LogP contribution in [-0.2, 0) is 15.3 Å². The van der Waals surface area contributed by atoms with Crippen LogP contribution in [0.5, 0.6) is 0 Å². The van der Waals surface area contributed by atoms with Crippen molar-refractivity contribution in [1.29, 1.82) is 0 Å². The Hall–Kier alpha value is -1.27. The van der Waals surface area contributed by atoms with Crippen LogP contribution in [0.1, 0.15) is 25.8 Å². The number of hydrogen-bond acceptors (Lipinski definition) is 3. The minimum absolute atomic E-state index is 0.0744. The fraction of sp³-hybridized carbons (Fsp3) is 0.562. The lowest BCUT2D eigenvalue weighted by molar-refractivity contribution is 0.505. The minimum atomic E-state index is -2.90. The third kappa shape index (κ3) is 4.85. The molecular formula is C16H24ClN3O2S. The van der Waals surface area contributed by atoms with Gasteiger partial charge in [-0.3, -0.25) is 4.99 Å². The number of nitrogens with zero attached hydrogens (tertiary/aromatic N) is 1. The number of benzene rings is 1. The van der Waals surface area contributed by atoms with Crippen molar-refractivity contribution in [1.82, 2.24) is 10.6 Å². The van der Waals surface area contributed by atoms with E-state index in [9.17, 15) is 8.42 Å². The summed E-state index contributed by atoms with van der Waals surface area (Å²) in [5.74, 6) is 1.03. The average Bonchev–Trinajstić information content (AvgIpc) is 2.82. The molecule has 0 amide bonds. The van der Waals surface area contributed by atoms with Crippen LogP contribution in [0.3, 0.4) is 0 Å². The van der Waals surface area contributed by atoms with Gasteiger partial charge in [-0.1, -0.05) is 43.6 Å². The quantitative estimate of drug-likeness (QED) is 0.638. The molecule has 0 aliphatic carbocycles. The highest BCUT2D eigenvalue weighted by Gasteiger charge is 2.29. The molecule has 1 aromatic rings. The van der Waals surface area contributed by atoms with Crippen molar-refractivity contribution in [2.75, 3.05) is 25.1 Å². The fourth-order valence-electron chi connectivity index (χ4n) is 2.71. The van der Waals surface area contributed by atoms with E-state index in [-0.39, 0.29) is 23.0 Å². The van der Waals surface area contributed by atoms with Crippen molar-refractivity contribution in [2.24, 2.45) is 4.99 Å². The lowest BCUT2D eigenvalue weighted by Crippen LogP contribution is -2.47. The van der Waals surface area contributed by atoms with Gasteiger partial charge in [0, 0.05) is 30.1 Å². The van der Waals surface area contributed by atoms with Gasteiger partial charge in [-0.05, 0) is 18.1 Å². The SMILES string of the molecule is CN=C(NCC(C)(C)c1ccccc1Cl)NC1CCS(=O)(=O)C1. The molecule has 1 saturated heterocycles. The predicted octanol–water partition coefficient (Wildman–Crippen LogP) is 1.97. The number of nitrogens with one attached hydrogen (secondary N) is 2. The first-order valence-electron chi connectivity index (χ1n) is 7.66. The van der Waals surface area contributed by atoms with E-state index in [1.54, 1.807) is 7.05 Å². The lowest BCUT2D eigenvalue weighted by atomic mass is 9.84. The summed E-state index contributed by atoms with van der Waals surface area (Å²) >= 11 is 6.29. The van der Waals surface area contributed by atoms with E-state index < -0.39 is 9.84 Å². The molecular weight excluding hydrogens is 334 g/mol. The molecule has 1 fully saturated rings. The standard InChI is InChI=1S/C16H24ClN3O2S/c1-16(2,13-6-4-5-7-14(13)17)11-19-15(18-3)20-12-8-9-23(21,22)10-12/h4-7,12H,8-11H2,1-3H3,(H2,18,19,20). The Morgan fingerprint density at radius 1 is 1.39 bits per heavy atom. The molecule has 2 N–H and O–H groups in total. The number of hydrogen-bond donors (Lipinski definition) is 2. The summed E-state index contributed by atoms with van der Waals surface area (Å²) in [6.07, 6.45) is 0.622. The first-order chi connectivity index (χ1) is 10.7. The first-order valence-corrected chi connectivity index (χ1v) is 9.86. The summed E-state index contributed by atoms with van der Waals surface area (Å²) < 4.78 is 23.1. The molecule has 0 saturated carbocycles. The van der Waals surface area contributed by atoms with E-state index in [2.05, 4.69) is 29.5 Å². The Morgan fingerprint density at radius 3 is 2.65 bits per heavy atom. The molecule has 5 nitrogen and oxygen atoms in total. The summed E-state index contributed by atoms with van der Waals surface area (Å²) in [6, 6.07) is 7.71. The predicted molar refractivity (Wildman–Crippen MR) is 96.0 cm³/mol. The average molecular weight is 358 g/mol. The van der Waals surface area contributed by atoms with Gasteiger partial charge in [-0.15, -0.1) is 0 Å². The number of sulfone groups is 1. The summed E-state index contributed by atoms with van der Waals surface area (Å²) in [4.78, 5) is 4.19. The van der Waals surface area contributed by atoms with Crippen LogP contribution in [0, 0.1) is 0 Å². The van der Waals surface area contributed by atoms with Gasteiger partial charge in [0.1, 0.15) is 0 Å². The maximum atomic E-state index is 11.5. The Morgan fingerprint density at radius 2 is 2.09 bits per heavy atom. The Kier molecular flexibility index (Phi) is 5.57. The van der Waals surface area contributed by atoms with Crippen molar-refractivity contribution in [3.05, 3.63) is 34.9 Å². The van der Waals surface area contributed by atoms with Crippen LogP contribution in [0.4, 0.5) is 0 Å². The lowest BCUT2D eigenvalue weighted by Gasteiger charge is -2.28. The number of rotatable bonds is 4. The highest BCUT2D eigenvalue weighted by molar-refractivity contribution is 7.91. The number of aliphatic imine (C=N–C) groups is 1. The molecule has 23 heavy (non-hydrogen) atoms. The smallest absolute Gasteiger partial charge is 0.191 e. The normalized spacial score (nSPS) is 21.2. The van der Waals surface area contributed by atoms with Gasteiger partial charge in [0.2, 0.25) is 0 Å². The topological polar surface area (TPSA) is 70.6 Å². The second-order valence-corrected chi connectivity index (χ2v) is 9.17.